The largest absolute Gasteiger partial charge is 0.465 e. The van der Waals surface area contributed by atoms with Gasteiger partial charge < -0.3 is 10.1 Å². The van der Waals surface area contributed by atoms with Crippen LogP contribution in [0.2, 0.25) is 15.1 Å². The van der Waals surface area contributed by atoms with E-state index in [1.165, 1.54) is 24.6 Å². The third-order valence-corrected chi connectivity index (χ3v) is 5.50. The maximum Gasteiger partial charge on any atom is 0.341 e. The van der Waals surface area contributed by atoms with Crippen LogP contribution < -0.4 is 5.32 Å². The Morgan fingerprint density at radius 2 is 1.87 bits per heavy atom. The Kier molecular flexibility index (Phi) is 5.52. The van der Waals surface area contributed by atoms with Crippen LogP contribution in [-0.2, 0) is 4.74 Å². The van der Waals surface area contributed by atoms with Crippen LogP contribution >= 0.6 is 46.1 Å². The minimum atomic E-state index is -0.597. The topological polar surface area (TPSA) is 68.3 Å². The second kappa shape index (κ2) is 7.05. The van der Waals surface area contributed by atoms with Crippen molar-refractivity contribution in [3.63, 3.8) is 0 Å². The predicted octanol–water partition coefficient (Wildman–Crippen LogP) is 4.76. The lowest BCUT2D eigenvalue weighted by atomic mass is 10.1. The molecule has 0 spiro atoms. The van der Waals surface area contributed by atoms with E-state index in [1.807, 2.05) is 6.92 Å². The molecule has 0 atom stereocenters. The summed E-state index contributed by atoms with van der Waals surface area (Å²) in [6, 6.07) is 0. The molecule has 9 heteroatoms. The van der Waals surface area contributed by atoms with Crippen molar-refractivity contribution in [3.05, 3.63) is 43.0 Å². The van der Waals surface area contributed by atoms with Crippen LogP contribution in [0.4, 0.5) is 5.00 Å². The normalized spacial score (nSPS) is 10.5. The number of nitrogens with zero attached hydrogens (tertiary/aromatic N) is 1. The SMILES string of the molecule is COC(=O)c1c(NC(=O)c2ncc(Cl)c(Cl)c2Cl)sc(C)c1C. The number of esters is 1. The molecule has 5 nitrogen and oxygen atoms in total. The first-order chi connectivity index (χ1) is 10.8. The van der Waals surface area contributed by atoms with Crippen LogP contribution in [-0.4, -0.2) is 24.0 Å². The number of nitrogens with one attached hydrogen (secondary N) is 1. The maximum atomic E-state index is 12.4. The van der Waals surface area contributed by atoms with E-state index < -0.39 is 11.9 Å². The molecule has 122 valence electrons. The summed E-state index contributed by atoms with van der Waals surface area (Å²) in [6.45, 7) is 3.62. The molecule has 0 aliphatic carbocycles. The molecule has 0 aromatic carbocycles. The zero-order chi connectivity index (χ0) is 17.3. The van der Waals surface area contributed by atoms with Crippen molar-refractivity contribution in [2.75, 3.05) is 12.4 Å². The standard InChI is InChI=1S/C14H11Cl3N2O3S/c1-5-6(2)23-13(8(5)14(21)22-3)19-12(20)11-10(17)9(16)7(15)4-18-11/h4H,1-3H3,(H,19,20). The second-order valence-corrected chi connectivity index (χ2v) is 6.90. The fraction of sp³-hybridized carbons (Fsp3) is 0.214. The Morgan fingerprint density at radius 1 is 1.22 bits per heavy atom. The van der Waals surface area contributed by atoms with Crippen LogP contribution in [0.3, 0.4) is 0 Å². The number of amides is 1. The van der Waals surface area contributed by atoms with Crippen molar-refractivity contribution in [3.8, 4) is 0 Å². The molecule has 23 heavy (non-hydrogen) atoms. The van der Waals surface area contributed by atoms with E-state index in [0.717, 1.165) is 10.4 Å². The Hall–Kier alpha value is -1.34. The molecular formula is C14H11Cl3N2O3S. The maximum absolute atomic E-state index is 12.4. The minimum Gasteiger partial charge on any atom is -0.465 e. The summed E-state index contributed by atoms with van der Waals surface area (Å²) in [7, 11) is 1.28. The Morgan fingerprint density at radius 3 is 2.48 bits per heavy atom. The van der Waals surface area contributed by atoms with Gasteiger partial charge in [0.05, 0.1) is 27.7 Å². The highest BCUT2D eigenvalue weighted by atomic mass is 35.5. The van der Waals surface area contributed by atoms with Gasteiger partial charge in [-0.25, -0.2) is 9.78 Å². The summed E-state index contributed by atoms with van der Waals surface area (Å²) in [5.41, 5.74) is 0.963. The number of carbonyl (C=O) groups is 2. The lowest BCUT2D eigenvalue weighted by Gasteiger charge is -2.08. The molecule has 0 bridgehead atoms. The Labute approximate surface area is 151 Å². The number of pyridine rings is 1. The summed E-state index contributed by atoms with van der Waals surface area (Å²) in [5.74, 6) is -1.13. The molecule has 0 aliphatic heterocycles. The van der Waals surface area contributed by atoms with Crippen molar-refractivity contribution in [1.82, 2.24) is 4.98 Å². The molecule has 0 aliphatic rings. The van der Waals surface area contributed by atoms with E-state index in [4.69, 9.17) is 39.5 Å². The number of aryl methyl sites for hydroxylation is 1. The van der Waals surface area contributed by atoms with Gasteiger partial charge >= 0.3 is 5.97 Å². The number of rotatable bonds is 3. The molecule has 0 unspecified atom stereocenters. The van der Waals surface area contributed by atoms with Crippen LogP contribution in [0.15, 0.2) is 6.20 Å². The number of carbonyl (C=O) groups excluding carboxylic acids is 2. The van der Waals surface area contributed by atoms with Gasteiger partial charge in [0, 0.05) is 11.1 Å². The average Bonchev–Trinajstić information content (AvgIpc) is 2.78. The van der Waals surface area contributed by atoms with Crippen LogP contribution in [0.5, 0.6) is 0 Å². The monoisotopic (exact) mass is 392 g/mol. The highest BCUT2D eigenvalue weighted by Crippen LogP contribution is 2.35. The summed E-state index contributed by atoms with van der Waals surface area (Å²) in [4.78, 5) is 29.1. The second-order valence-electron chi connectivity index (χ2n) is 4.52. The van der Waals surface area contributed by atoms with Gasteiger partial charge in [0.2, 0.25) is 0 Å². The number of thiophene rings is 1. The van der Waals surface area contributed by atoms with Gasteiger partial charge in [0.1, 0.15) is 10.7 Å². The van der Waals surface area contributed by atoms with Gasteiger partial charge in [-0.1, -0.05) is 34.8 Å². The molecule has 1 N–H and O–H groups in total. The van der Waals surface area contributed by atoms with Crippen LogP contribution in [0.25, 0.3) is 0 Å². The highest BCUT2D eigenvalue weighted by Gasteiger charge is 2.24. The van der Waals surface area contributed by atoms with Crippen molar-refractivity contribution in [2.45, 2.75) is 13.8 Å². The molecule has 2 aromatic rings. The van der Waals surface area contributed by atoms with E-state index >= 15 is 0 Å². The van der Waals surface area contributed by atoms with Crippen LogP contribution in [0, 0.1) is 13.8 Å². The number of hydrogen-bond donors (Lipinski definition) is 1. The summed E-state index contributed by atoms with van der Waals surface area (Å²) in [5, 5.41) is 3.12. The summed E-state index contributed by atoms with van der Waals surface area (Å²) in [6.07, 6.45) is 1.23. The predicted molar refractivity (Wildman–Crippen MR) is 92.4 cm³/mol. The molecule has 0 saturated heterocycles. The minimum absolute atomic E-state index is 0.0419. The number of methoxy groups -OCH3 is 1. The van der Waals surface area contributed by atoms with E-state index in [9.17, 15) is 9.59 Å². The molecular weight excluding hydrogens is 383 g/mol. The van der Waals surface area contributed by atoms with Crippen molar-refractivity contribution in [1.29, 1.82) is 0 Å². The van der Waals surface area contributed by atoms with Crippen molar-refractivity contribution < 1.29 is 14.3 Å². The quantitative estimate of drug-likeness (QED) is 0.763. The van der Waals surface area contributed by atoms with E-state index in [2.05, 4.69) is 10.3 Å². The van der Waals surface area contributed by atoms with Crippen molar-refractivity contribution >= 4 is 63.0 Å². The number of halogens is 3. The highest BCUT2D eigenvalue weighted by molar-refractivity contribution is 7.16. The number of ether oxygens (including phenoxy) is 1. The molecule has 1 amide bonds. The van der Waals surface area contributed by atoms with Crippen molar-refractivity contribution in [2.24, 2.45) is 0 Å². The van der Waals surface area contributed by atoms with Gasteiger partial charge in [-0.3, -0.25) is 4.79 Å². The van der Waals surface area contributed by atoms with E-state index in [1.54, 1.807) is 6.92 Å². The first-order valence-corrected chi connectivity index (χ1v) is 8.22. The fourth-order valence-corrected chi connectivity index (χ4v) is 3.44. The summed E-state index contributed by atoms with van der Waals surface area (Å²) < 4.78 is 4.75. The summed E-state index contributed by atoms with van der Waals surface area (Å²) >= 11 is 19.0. The van der Waals surface area contributed by atoms with Gasteiger partial charge in [-0.15, -0.1) is 11.3 Å². The fourth-order valence-electron chi connectivity index (χ4n) is 1.83. The van der Waals surface area contributed by atoms with Gasteiger partial charge in [-0.05, 0) is 19.4 Å². The van der Waals surface area contributed by atoms with Crippen LogP contribution in [0.1, 0.15) is 31.3 Å². The number of anilines is 1. The molecule has 0 fully saturated rings. The lowest BCUT2D eigenvalue weighted by Crippen LogP contribution is -2.16. The average molecular weight is 394 g/mol. The number of hydrogen-bond acceptors (Lipinski definition) is 5. The zero-order valence-corrected chi connectivity index (χ0v) is 15.4. The third kappa shape index (κ3) is 3.45. The smallest absolute Gasteiger partial charge is 0.341 e. The van der Waals surface area contributed by atoms with E-state index in [-0.39, 0.29) is 20.8 Å². The zero-order valence-electron chi connectivity index (χ0n) is 12.3. The van der Waals surface area contributed by atoms with Gasteiger partial charge in [0.25, 0.3) is 5.91 Å². The van der Waals surface area contributed by atoms with Gasteiger partial charge in [-0.2, -0.15) is 0 Å². The number of aromatic nitrogens is 1. The molecule has 0 saturated carbocycles. The Bertz CT molecular complexity index is 805. The first kappa shape index (κ1) is 18.0. The first-order valence-electron chi connectivity index (χ1n) is 6.27. The molecule has 0 radical (unpaired) electrons. The van der Waals surface area contributed by atoms with E-state index in [0.29, 0.717) is 10.6 Å². The van der Waals surface area contributed by atoms with Gasteiger partial charge in [0.15, 0.2) is 0 Å². The third-order valence-electron chi connectivity index (χ3n) is 3.13. The molecule has 2 rings (SSSR count). The Balaban J connectivity index is 2.40. The molecule has 2 heterocycles. The molecule has 2 aromatic heterocycles. The lowest BCUT2D eigenvalue weighted by molar-refractivity contribution is 0.0601.